The SMILES string of the molecule is Fc1ccc2cc(CNCCCN3CCCC3)sc2c1. The van der Waals surface area contributed by atoms with E-state index in [2.05, 4.69) is 16.3 Å². The van der Waals surface area contributed by atoms with Gasteiger partial charge >= 0.3 is 0 Å². The molecule has 20 heavy (non-hydrogen) atoms. The zero-order valence-corrected chi connectivity index (χ0v) is 12.5. The predicted molar refractivity (Wildman–Crippen MR) is 83.8 cm³/mol. The Morgan fingerprint density at radius 1 is 1.20 bits per heavy atom. The average molecular weight is 292 g/mol. The van der Waals surface area contributed by atoms with Crippen LogP contribution in [0.15, 0.2) is 24.3 Å². The molecule has 2 nitrogen and oxygen atoms in total. The standard InChI is InChI=1S/C16H21FN2S/c17-14-5-4-13-10-15(20-16(13)11-14)12-18-6-3-9-19-7-1-2-8-19/h4-5,10-11,18H,1-3,6-9,12H2. The highest BCUT2D eigenvalue weighted by Gasteiger charge is 2.10. The first-order chi connectivity index (χ1) is 9.81. The lowest BCUT2D eigenvalue weighted by Crippen LogP contribution is -2.24. The minimum absolute atomic E-state index is 0.149. The van der Waals surface area contributed by atoms with Crippen LogP contribution in [0.2, 0.25) is 0 Å². The van der Waals surface area contributed by atoms with Crippen LogP contribution in [-0.4, -0.2) is 31.1 Å². The van der Waals surface area contributed by atoms with Crippen LogP contribution >= 0.6 is 11.3 Å². The lowest BCUT2D eigenvalue weighted by molar-refractivity contribution is 0.331. The zero-order chi connectivity index (χ0) is 13.8. The maximum absolute atomic E-state index is 13.1. The van der Waals surface area contributed by atoms with Crippen molar-refractivity contribution in [1.82, 2.24) is 10.2 Å². The number of nitrogens with one attached hydrogen (secondary N) is 1. The Kier molecular flexibility index (Phi) is 4.65. The normalized spacial score (nSPS) is 16.2. The summed E-state index contributed by atoms with van der Waals surface area (Å²) in [6, 6.07) is 7.17. The molecule has 0 radical (unpaired) electrons. The third kappa shape index (κ3) is 3.57. The number of thiophene rings is 1. The third-order valence-electron chi connectivity index (χ3n) is 3.86. The molecule has 1 aliphatic heterocycles. The highest BCUT2D eigenvalue weighted by Crippen LogP contribution is 2.26. The molecule has 0 saturated carbocycles. The van der Waals surface area contributed by atoms with Gasteiger partial charge in [0.1, 0.15) is 5.82 Å². The summed E-state index contributed by atoms with van der Waals surface area (Å²) in [5.41, 5.74) is 0. The lowest BCUT2D eigenvalue weighted by atomic mass is 10.2. The number of halogens is 1. The van der Waals surface area contributed by atoms with Gasteiger partial charge in [0.25, 0.3) is 0 Å². The Labute approximate surface area is 123 Å². The molecule has 3 rings (SSSR count). The second kappa shape index (κ2) is 6.66. The first-order valence-electron chi connectivity index (χ1n) is 7.42. The first kappa shape index (κ1) is 14.0. The van der Waals surface area contributed by atoms with E-state index < -0.39 is 0 Å². The van der Waals surface area contributed by atoms with Crippen molar-refractivity contribution in [3.63, 3.8) is 0 Å². The number of hydrogen-bond acceptors (Lipinski definition) is 3. The highest BCUT2D eigenvalue weighted by molar-refractivity contribution is 7.19. The van der Waals surface area contributed by atoms with Crippen LogP contribution in [0.25, 0.3) is 10.1 Å². The molecule has 2 heterocycles. The summed E-state index contributed by atoms with van der Waals surface area (Å²) >= 11 is 1.68. The maximum atomic E-state index is 13.1. The summed E-state index contributed by atoms with van der Waals surface area (Å²) in [4.78, 5) is 3.83. The minimum Gasteiger partial charge on any atom is -0.312 e. The summed E-state index contributed by atoms with van der Waals surface area (Å²) in [5.74, 6) is -0.149. The highest BCUT2D eigenvalue weighted by atomic mass is 32.1. The molecule has 0 bridgehead atoms. The second-order valence-corrected chi connectivity index (χ2v) is 6.64. The van der Waals surface area contributed by atoms with Gasteiger partial charge in [0, 0.05) is 16.1 Å². The van der Waals surface area contributed by atoms with Crippen molar-refractivity contribution in [3.05, 3.63) is 35.0 Å². The van der Waals surface area contributed by atoms with E-state index in [1.165, 1.54) is 49.8 Å². The van der Waals surface area contributed by atoms with Crippen molar-refractivity contribution in [2.45, 2.75) is 25.8 Å². The monoisotopic (exact) mass is 292 g/mol. The molecule has 1 saturated heterocycles. The minimum atomic E-state index is -0.149. The van der Waals surface area contributed by atoms with Gasteiger partial charge in [-0.3, -0.25) is 0 Å². The van der Waals surface area contributed by atoms with Gasteiger partial charge in [-0.25, -0.2) is 4.39 Å². The Morgan fingerprint density at radius 3 is 2.90 bits per heavy atom. The Bertz CT molecular complexity index is 561. The number of hydrogen-bond donors (Lipinski definition) is 1. The third-order valence-corrected chi connectivity index (χ3v) is 4.96. The van der Waals surface area contributed by atoms with E-state index >= 15 is 0 Å². The van der Waals surface area contributed by atoms with Crippen molar-refractivity contribution in [1.29, 1.82) is 0 Å². The zero-order valence-electron chi connectivity index (χ0n) is 11.7. The van der Waals surface area contributed by atoms with Crippen molar-refractivity contribution in [3.8, 4) is 0 Å². The van der Waals surface area contributed by atoms with E-state index in [1.807, 2.05) is 6.07 Å². The van der Waals surface area contributed by atoms with Gasteiger partial charge in [-0.1, -0.05) is 6.07 Å². The lowest BCUT2D eigenvalue weighted by Gasteiger charge is -2.14. The smallest absolute Gasteiger partial charge is 0.124 e. The van der Waals surface area contributed by atoms with Crippen molar-refractivity contribution < 1.29 is 4.39 Å². The quantitative estimate of drug-likeness (QED) is 0.818. The van der Waals surface area contributed by atoms with Gasteiger partial charge in [0.15, 0.2) is 0 Å². The average Bonchev–Trinajstić information content (AvgIpc) is 3.06. The molecule has 0 atom stereocenters. The van der Waals surface area contributed by atoms with E-state index in [0.717, 1.165) is 23.2 Å². The van der Waals surface area contributed by atoms with E-state index in [4.69, 9.17) is 0 Å². The van der Waals surface area contributed by atoms with Crippen molar-refractivity contribution >= 4 is 21.4 Å². The number of rotatable bonds is 6. The number of nitrogens with zero attached hydrogens (tertiary/aromatic N) is 1. The van der Waals surface area contributed by atoms with Gasteiger partial charge in [0.05, 0.1) is 0 Å². The summed E-state index contributed by atoms with van der Waals surface area (Å²) in [6.45, 7) is 5.72. The van der Waals surface area contributed by atoms with Crippen molar-refractivity contribution in [2.75, 3.05) is 26.2 Å². The van der Waals surface area contributed by atoms with E-state index in [1.54, 1.807) is 17.4 Å². The maximum Gasteiger partial charge on any atom is 0.124 e. The van der Waals surface area contributed by atoms with Crippen LogP contribution in [0.1, 0.15) is 24.1 Å². The molecule has 0 spiro atoms. The molecular weight excluding hydrogens is 271 g/mol. The molecular formula is C16H21FN2S. The van der Waals surface area contributed by atoms with Gasteiger partial charge in [-0.2, -0.15) is 0 Å². The van der Waals surface area contributed by atoms with E-state index in [0.29, 0.717) is 0 Å². The van der Waals surface area contributed by atoms with Crippen LogP contribution in [0.4, 0.5) is 4.39 Å². The van der Waals surface area contributed by atoms with Crippen LogP contribution in [0.3, 0.4) is 0 Å². The molecule has 1 N–H and O–H groups in total. The van der Waals surface area contributed by atoms with Crippen LogP contribution < -0.4 is 5.32 Å². The molecule has 1 aliphatic rings. The topological polar surface area (TPSA) is 15.3 Å². The molecule has 4 heteroatoms. The summed E-state index contributed by atoms with van der Waals surface area (Å²) in [6.07, 6.45) is 3.94. The van der Waals surface area contributed by atoms with Crippen LogP contribution in [0, 0.1) is 5.82 Å². The summed E-state index contributed by atoms with van der Waals surface area (Å²) < 4.78 is 14.2. The molecule has 0 unspecified atom stereocenters. The van der Waals surface area contributed by atoms with Crippen LogP contribution in [0.5, 0.6) is 0 Å². The largest absolute Gasteiger partial charge is 0.312 e. The van der Waals surface area contributed by atoms with Gasteiger partial charge in [0.2, 0.25) is 0 Å². The Hall–Kier alpha value is -0.970. The molecule has 1 aromatic carbocycles. The fourth-order valence-corrected chi connectivity index (χ4v) is 3.85. The van der Waals surface area contributed by atoms with E-state index in [9.17, 15) is 4.39 Å². The molecule has 2 aromatic rings. The first-order valence-corrected chi connectivity index (χ1v) is 8.24. The Balaban J connectivity index is 1.42. The molecule has 0 aliphatic carbocycles. The number of likely N-dealkylation sites (tertiary alicyclic amines) is 1. The van der Waals surface area contributed by atoms with Gasteiger partial charge in [-0.05, 0) is 69.0 Å². The van der Waals surface area contributed by atoms with Gasteiger partial charge in [-0.15, -0.1) is 11.3 Å². The van der Waals surface area contributed by atoms with Gasteiger partial charge < -0.3 is 10.2 Å². The molecule has 1 fully saturated rings. The molecule has 108 valence electrons. The van der Waals surface area contributed by atoms with E-state index in [-0.39, 0.29) is 5.82 Å². The fraction of sp³-hybridized carbons (Fsp3) is 0.500. The molecule has 0 amide bonds. The van der Waals surface area contributed by atoms with Crippen molar-refractivity contribution in [2.24, 2.45) is 0 Å². The number of benzene rings is 1. The Morgan fingerprint density at radius 2 is 2.05 bits per heavy atom. The summed E-state index contributed by atoms with van der Waals surface area (Å²) in [7, 11) is 0. The summed E-state index contributed by atoms with van der Waals surface area (Å²) in [5, 5.41) is 4.63. The molecule has 1 aromatic heterocycles. The second-order valence-electron chi connectivity index (χ2n) is 5.47. The fourth-order valence-electron chi connectivity index (χ4n) is 2.79. The predicted octanol–water partition coefficient (Wildman–Crippen LogP) is 3.62. The number of fused-ring (bicyclic) bond motifs is 1. The van der Waals surface area contributed by atoms with Crippen LogP contribution in [-0.2, 0) is 6.54 Å².